The van der Waals surface area contributed by atoms with Gasteiger partial charge in [-0.3, -0.25) is 4.57 Å². The lowest BCUT2D eigenvalue weighted by molar-refractivity contribution is 0.624. The van der Waals surface area contributed by atoms with Gasteiger partial charge >= 0.3 is 0 Å². The highest BCUT2D eigenvalue weighted by Crippen LogP contribution is 2.46. The second-order valence-corrected chi connectivity index (χ2v) is 7.61. The minimum absolute atomic E-state index is 0.0509. The zero-order chi connectivity index (χ0) is 15.8. The summed E-state index contributed by atoms with van der Waals surface area (Å²) in [4.78, 5) is 4.74. The minimum atomic E-state index is -0.0509. The van der Waals surface area contributed by atoms with Crippen molar-refractivity contribution >= 4 is 37.7 Å². The van der Waals surface area contributed by atoms with Crippen molar-refractivity contribution in [2.45, 2.75) is 19.3 Å². The molecule has 0 N–H and O–H groups in total. The van der Waals surface area contributed by atoms with Crippen LogP contribution in [0.15, 0.2) is 59.2 Å². The van der Waals surface area contributed by atoms with Crippen LogP contribution in [0.25, 0.3) is 27.6 Å². The van der Waals surface area contributed by atoms with Crippen LogP contribution in [0.4, 0.5) is 0 Å². The van der Waals surface area contributed by atoms with Gasteiger partial charge in [-0.05, 0) is 23.8 Å². The van der Waals surface area contributed by atoms with Crippen LogP contribution in [0.5, 0.6) is 0 Å². The third-order valence-corrected chi connectivity index (χ3v) is 5.59. The third kappa shape index (κ3) is 1.56. The zero-order valence-corrected chi connectivity index (χ0v) is 14.6. The topological polar surface area (TPSA) is 17.8 Å². The maximum atomic E-state index is 4.74. The van der Waals surface area contributed by atoms with Gasteiger partial charge in [0, 0.05) is 32.4 Å². The molecule has 0 spiro atoms. The molecular formula is C20H15BrN2. The molecular weight excluding hydrogens is 348 g/mol. The standard InChI is InChI=1S/C20H15BrN2/c1-20(2)15-6-3-5-14-13-9-8-12(21)11-17(13)23(18(14)15)19-16(20)7-4-10-22-19/h3-11H,1-2H3. The van der Waals surface area contributed by atoms with Crippen molar-refractivity contribution in [2.24, 2.45) is 0 Å². The summed E-state index contributed by atoms with van der Waals surface area (Å²) in [6.45, 7) is 4.58. The first-order valence-corrected chi connectivity index (χ1v) is 8.57. The number of fused-ring (bicyclic) bond motifs is 5. The fourth-order valence-electron chi connectivity index (χ4n) is 3.97. The van der Waals surface area contributed by atoms with Gasteiger partial charge in [0.05, 0.1) is 11.0 Å². The fraction of sp³-hybridized carbons (Fsp3) is 0.150. The van der Waals surface area contributed by atoms with Crippen molar-refractivity contribution in [2.75, 3.05) is 0 Å². The Morgan fingerprint density at radius 1 is 0.957 bits per heavy atom. The van der Waals surface area contributed by atoms with Crippen molar-refractivity contribution in [1.82, 2.24) is 9.55 Å². The average Bonchev–Trinajstić information content (AvgIpc) is 2.87. The maximum Gasteiger partial charge on any atom is 0.141 e. The molecule has 0 aliphatic carbocycles. The normalized spacial score (nSPS) is 15.1. The molecule has 0 fully saturated rings. The van der Waals surface area contributed by atoms with Crippen LogP contribution in [0, 0.1) is 0 Å². The molecule has 0 saturated carbocycles. The van der Waals surface area contributed by atoms with Crippen LogP contribution in [-0.4, -0.2) is 9.55 Å². The van der Waals surface area contributed by atoms with Crippen molar-refractivity contribution in [3.63, 3.8) is 0 Å². The summed E-state index contributed by atoms with van der Waals surface area (Å²) in [6.07, 6.45) is 1.89. The Morgan fingerprint density at radius 3 is 2.65 bits per heavy atom. The highest BCUT2D eigenvalue weighted by atomic mass is 79.9. The maximum absolute atomic E-state index is 4.74. The van der Waals surface area contributed by atoms with E-state index >= 15 is 0 Å². The van der Waals surface area contributed by atoms with E-state index in [1.165, 1.54) is 32.9 Å². The number of para-hydroxylation sites is 1. The third-order valence-electron chi connectivity index (χ3n) is 5.10. The molecule has 2 nitrogen and oxygen atoms in total. The molecule has 2 aromatic carbocycles. The first-order chi connectivity index (χ1) is 11.1. The van der Waals surface area contributed by atoms with E-state index in [1.54, 1.807) is 0 Å². The predicted octanol–water partition coefficient (Wildman–Crippen LogP) is 5.58. The lowest BCUT2D eigenvalue weighted by Gasteiger charge is -2.33. The van der Waals surface area contributed by atoms with E-state index < -0.39 is 0 Å². The number of aromatic nitrogens is 2. The van der Waals surface area contributed by atoms with Crippen LogP contribution < -0.4 is 0 Å². The Kier molecular flexibility index (Phi) is 2.45. The Labute approximate surface area is 142 Å². The van der Waals surface area contributed by atoms with E-state index in [0.717, 1.165) is 10.3 Å². The molecule has 23 heavy (non-hydrogen) atoms. The van der Waals surface area contributed by atoms with Crippen molar-refractivity contribution in [3.05, 3.63) is 70.3 Å². The average molecular weight is 363 g/mol. The van der Waals surface area contributed by atoms with E-state index in [9.17, 15) is 0 Å². The van der Waals surface area contributed by atoms with Crippen LogP contribution in [0.2, 0.25) is 0 Å². The molecule has 2 aromatic heterocycles. The van der Waals surface area contributed by atoms with Gasteiger partial charge in [0.2, 0.25) is 0 Å². The fourth-order valence-corrected chi connectivity index (χ4v) is 4.32. The van der Waals surface area contributed by atoms with Gasteiger partial charge in [0.1, 0.15) is 5.82 Å². The quantitative estimate of drug-likeness (QED) is 0.399. The Hall–Kier alpha value is -2.13. The van der Waals surface area contributed by atoms with E-state index in [1.807, 2.05) is 12.3 Å². The molecule has 0 bridgehead atoms. The van der Waals surface area contributed by atoms with E-state index in [-0.39, 0.29) is 5.41 Å². The first-order valence-electron chi connectivity index (χ1n) is 7.78. The monoisotopic (exact) mass is 362 g/mol. The number of hydrogen-bond donors (Lipinski definition) is 0. The highest BCUT2D eigenvalue weighted by molar-refractivity contribution is 9.10. The van der Waals surface area contributed by atoms with Crippen LogP contribution in [0.3, 0.4) is 0 Å². The van der Waals surface area contributed by atoms with Crippen LogP contribution in [0.1, 0.15) is 25.0 Å². The van der Waals surface area contributed by atoms with Crippen LogP contribution in [-0.2, 0) is 5.41 Å². The largest absolute Gasteiger partial charge is 0.293 e. The lowest BCUT2D eigenvalue weighted by Crippen LogP contribution is -2.26. The molecule has 1 aliphatic heterocycles. The van der Waals surface area contributed by atoms with Gasteiger partial charge < -0.3 is 0 Å². The van der Waals surface area contributed by atoms with Gasteiger partial charge in [-0.15, -0.1) is 0 Å². The van der Waals surface area contributed by atoms with Gasteiger partial charge in [0.15, 0.2) is 0 Å². The molecule has 5 rings (SSSR count). The SMILES string of the molecule is CC1(C)c2cccnc2-n2c3cc(Br)ccc3c3cccc1c32. The molecule has 4 aromatic rings. The second-order valence-electron chi connectivity index (χ2n) is 6.70. The Bertz CT molecular complexity index is 1110. The van der Waals surface area contributed by atoms with E-state index in [2.05, 4.69) is 76.8 Å². The number of nitrogens with zero attached hydrogens (tertiary/aromatic N) is 2. The lowest BCUT2D eigenvalue weighted by atomic mass is 9.76. The summed E-state index contributed by atoms with van der Waals surface area (Å²) in [5.74, 6) is 1.05. The molecule has 3 heterocycles. The van der Waals surface area contributed by atoms with Crippen molar-refractivity contribution < 1.29 is 0 Å². The zero-order valence-electron chi connectivity index (χ0n) is 13.0. The van der Waals surface area contributed by atoms with Gasteiger partial charge in [-0.2, -0.15) is 0 Å². The van der Waals surface area contributed by atoms with Gasteiger partial charge in [-0.1, -0.05) is 60.1 Å². The summed E-state index contributed by atoms with van der Waals surface area (Å²) in [5, 5.41) is 2.58. The summed E-state index contributed by atoms with van der Waals surface area (Å²) >= 11 is 3.62. The number of benzene rings is 2. The second kappa shape index (κ2) is 4.24. The molecule has 0 unspecified atom stereocenters. The Morgan fingerprint density at radius 2 is 1.78 bits per heavy atom. The highest BCUT2D eigenvalue weighted by Gasteiger charge is 2.35. The Balaban J connectivity index is 2.14. The number of pyridine rings is 1. The van der Waals surface area contributed by atoms with E-state index in [0.29, 0.717) is 0 Å². The van der Waals surface area contributed by atoms with Gasteiger partial charge in [0.25, 0.3) is 0 Å². The molecule has 1 aliphatic rings. The van der Waals surface area contributed by atoms with Crippen molar-refractivity contribution in [3.8, 4) is 5.82 Å². The smallest absolute Gasteiger partial charge is 0.141 e. The molecule has 0 radical (unpaired) electrons. The molecule has 0 atom stereocenters. The molecule has 0 saturated heterocycles. The number of hydrogen-bond acceptors (Lipinski definition) is 1. The molecule has 3 heteroatoms. The molecule has 112 valence electrons. The number of halogens is 1. The summed E-state index contributed by atoms with van der Waals surface area (Å²) in [7, 11) is 0. The van der Waals surface area contributed by atoms with Crippen molar-refractivity contribution in [1.29, 1.82) is 0 Å². The first kappa shape index (κ1) is 13.3. The predicted molar refractivity (Wildman–Crippen MR) is 98.4 cm³/mol. The minimum Gasteiger partial charge on any atom is -0.293 e. The summed E-state index contributed by atoms with van der Waals surface area (Å²) < 4.78 is 3.42. The summed E-state index contributed by atoms with van der Waals surface area (Å²) in [5.41, 5.74) is 5.08. The van der Waals surface area contributed by atoms with Gasteiger partial charge in [-0.25, -0.2) is 4.98 Å². The molecule has 0 amide bonds. The van der Waals surface area contributed by atoms with E-state index in [4.69, 9.17) is 4.98 Å². The number of rotatable bonds is 0. The summed E-state index contributed by atoms with van der Waals surface area (Å²) in [6, 6.07) is 17.4. The van der Waals surface area contributed by atoms with Crippen LogP contribution >= 0.6 is 15.9 Å².